The van der Waals surface area contributed by atoms with E-state index in [4.69, 9.17) is 21.1 Å². The SMILES string of the molecule is O=C(COc1ccccc1Cl)Nc1ccc(OCCc2ccccc2)cc1. The predicted octanol–water partition coefficient (Wildman–Crippen LogP) is 4.98. The van der Waals surface area contributed by atoms with Gasteiger partial charge in [-0.2, -0.15) is 0 Å². The molecule has 0 spiro atoms. The Kier molecular flexibility index (Phi) is 6.72. The summed E-state index contributed by atoms with van der Waals surface area (Å²) in [7, 11) is 0. The van der Waals surface area contributed by atoms with Gasteiger partial charge in [0.25, 0.3) is 5.91 Å². The Morgan fingerprint density at radius 1 is 0.852 bits per heavy atom. The van der Waals surface area contributed by atoms with E-state index in [-0.39, 0.29) is 12.5 Å². The van der Waals surface area contributed by atoms with Gasteiger partial charge in [-0.15, -0.1) is 0 Å². The van der Waals surface area contributed by atoms with Gasteiger partial charge in [-0.1, -0.05) is 54.1 Å². The van der Waals surface area contributed by atoms with Crippen LogP contribution < -0.4 is 14.8 Å². The van der Waals surface area contributed by atoms with Crippen LogP contribution >= 0.6 is 11.6 Å². The fourth-order valence-electron chi connectivity index (χ4n) is 2.47. The van der Waals surface area contributed by atoms with Gasteiger partial charge in [0, 0.05) is 12.1 Å². The number of anilines is 1. The van der Waals surface area contributed by atoms with E-state index >= 15 is 0 Å². The molecule has 0 aliphatic carbocycles. The quantitative estimate of drug-likeness (QED) is 0.598. The van der Waals surface area contributed by atoms with Gasteiger partial charge in [-0.25, -0.2) is 0 Å². The Labute approximate surface area is 163 Å². The van der Waals surface area contributed by atoms with Crippen LogP contribution in [0.5, 0.6) is 11.5 Å². The summed E-state index contributed by atoms with van der Waals surface area (Å²) in [6, 6.07) is 24.5. The molecular weight excluding hydrogens is 362 g/mol. The highest BCUT2D eigenvalue weighted by Gasteiger charge is 2.06. The van der Waals surface area contributed by atoms with Gasteiger partial charge in [0.2, 0.25) is 0 Å². The number of ether oxygens (including phenoxy) is 2. The van der Waals surface area contributed by atoms with Crippen molar-refractivity contribution in [3.8, 4) is 11.5 Å². The van der Waals surface area contributed by atoms with E-state index in [9.17, 15) is 4.79 Å². The number of hydrogen-bond acceptors (Lipinski definition) is 3. The highest BCUT2D eigenvalue weighted by Crippen LogP contribution is 2.23. The average molecular weight is 382 g/mol. The van der Waals surface area contributed by atoms with Gasteiger partial charge < -0.3 is 14.8 Å². The highest BCUT2D eigenvalue weighted by atomic mass is 35.5. The Bertz CT molecular complexity index is 866. The Balaban J connectivity index is 1.43. The van der Waals surface area contributed by atoms with E-state index in [1.807, 2.05) is 30.3 Å². The number of halogens is 1. The number of para-hydroxylation sites is 1. The molecule has 0 bridgehead atoms. The lowest BCUT2D eigenvalue weighted by molar-refractivity contribution is -0.118. The maximum Gasteiger partial charge on any atom is 0.262 e. The number of carbonyl (C=O) groups is 1. The molecule has 0 saturated carbocycles. The molecule has 0 unspecified atom stereocenters. The Morgan fingerprint density at radius 3 is 2.30 bits per heavy atom. The van der Waals surface area contributed by atoms with Gasteiger partial charge in [0.15, 0.2) is 6.61 Å². The van der Waals surface area contributed by atoms with Crippen LogP contribution in [-0.2, 0) is 11.2 Å². The van der Waals surface area contributed by atoms with Crippen molar-refractivity contribution in [1.82, 2.24) is 0 Å². The number of amides is 1. The molecule has 0 fully saturated rings. The van der Waals surface area contributed by atoms with Crippen molar-refractivity contribution in [3.05, 3.63) is 89.4 Å². The van der Waals surface area contributed by atoms with Crippen LogP contribution in [-0.4, -0.2) is 19.1 Å². The maximum absolute atomic E-state index is 12.0. The van der Waals surface area contributed by atoms with Crippen LogP contribution in [0.25, 0.3) is 0 Å². The molecule has 0 radical (unpaired) electrons. The van der Waals surface area contributed by atoms with E-state index in [1.165, 1.54) is 5.56 Å². The van der Waals surface area contributed by atoms with Crippen molar-refractivity contribution in [1.29, 1.82) is 0 Å². The molecule has 1 N–H and O–H groups in total. The molecule has 1 amide bonds. The molecule has 5 heteroatoms. The number of benzene rings is 3. The summed E-state index contributed by atoms with van der Waals surface area (Å²) in [5.41, 5.74) is 1.91. The zero-order chi connectivity index (χ0) is 18.9. The number of carbonyl (C=O) groups excluding carboxylic acids is 1. The van der Waals surface area contributed by atoms with Crippen LogP contribution in [0, 0.1) is 0 Å². The first kappa shape index (κ1) is 18.8. The zero-order valence-electron chi connectivity index (χ0n) is 14.7. The largest absolute Gasteiger partial charge is 0.493 e. The topological polar surface area (TPSA) is 47.6 Å². The molecule has 3 aromatic rings. The standard InChI is InChI=1S/C22H20ClNO3/c23-20-8-4-5-9-21(20)27-16-22(25)24-18-10-12-19(13-11-18)26-15-14-17-6-2-1-3-7-17/h1-13H,14-16H2,(H,24,25). The second-order valence-electron chi connectivity index (χ2n) is 5.88. The molecule has 3 aromatic carbocycles. The summed E-state index contributed by atoms with van der Waals surface area (Å²) in [4.78, 5) is 12.0. The Morgan fingerprint density at radius 2 is 1.56 bits per heavy atom. The first-order chi connectivity index (χ1) is 13.2. The monoisotopic (exact) mass is 381 g/mol. The predicted molar refractivity (Wildman–Crippen MR) is 108 cm³/mol. The van der Waals surface area contributed by atoms with E-state index in [2.05, 4.69) is 17.4 Å². The van der Waals surface area contributed by atoms with Crippen molar-refractivity contribution in [2.24, 2.45) is 0 Å². The summed E-state index contributed by atoms with van der Waals surface area (Å²) in [5, 5.41) is 3.25. The van der Waals surface area contributed by atoms with Gasteiger partial charge in [-0.3, -0.25) is 4.79 Å². The van der Waals surface area contributed by atoms with Gasteiger partial charge in [0.1, 0.15) is 11.5 Å². The third kappa shape index (κ3) is 6.04. The van der Waals surface area contributed by atoms with E-state index in [0.29, 0.717) is 23.1 Å². The molecule has 0 aliphatic rings. The minimum Gasteiger partial charge on any atom is -0.493 e. The summed E-state index contributed by atoms with van der Waals surface area (Å²) < 4.78 is 11.2. The third-order valence-corrected chi connectivity index (χ3v) is 4.15. The Hall–Kier alpha value is -2.98. The van der Waals surface area contributed by atoms with Crippen molar-refractivity contribution in [2.45, 2.75) is 6.42 Å². The van der Waals surface area contributed by atoms with E-state index < -0.39 is 0 Å². The molecule has 0 atom stereocenters. The lowest BCUT2D eigenvalue weighted by Gasteiger charge is -2.10. The van der Waals surface area contributed by atoms with Crippen LogP contribution in [0.2, 0.25) is 5.02 Å². The summed E-state index contributed by atoms with van der Waals surface area (Å²) in [6.07, 6.45) is 0.846. The van der Waals surface area contributed by atoms with Crippen molar-refractivity contribution >= 4 is 23.2 Å². The second-order valence-corrected chi connectivity index (χ2v) is 6.28. The first-order valence-corrected chi connectivity index (χ1v) is 9.02. The molecule has 0 aromatic heterocycles. The van der Waals surface area contributed by atoms with Gasteiger partial charge in [0.05, 0.1) is 11.6 Å². The van der Waals surface area contributed by atoms with E-state index in [0.717, 1.165) is 12.2 Å². The molecule has 0 aliphatic heterocycles. The highest BCUT2D eigenvalue weighted by molar-refractivity contribution is 6.32. The van der Waals surface area contributed by atoms with E-state index in [1.54, 1.807) is 36.4 Å². The van der Waals surface area contributed by atoms with Crippen molar-refractivity contribution in [3.63, 3.8) is 0 Å². The minimum atomic E-state index is -0.257. The molecule has 3 rings (SSSR count). The molecule has 0 heterocycles. The van der Waals surface area contributed by atoms with Crippen molar-refractivity contribution in [2.75, 3.05) is 18.5 Å². The normalized spacial score (nSPS) is 10.3. The van der Waals surface area contributed by atoms with Gasteiger partial charge >= 0.3 is 0 Å². The molecular formula is C22H20ClNO3. The van der Waals surface area contributed by atoms with Crippen LogP contribution in [0.3, 0.4) is 0 Å². The number of rotatable bonds is 8. The molecule has 27 heavy (non-hydrogen) atoms. The fourth-order valence-corrected chi connectivity index (χ4v) is 2.66. The van der Waals surface area contributed by atoms with Crippen LogP contribution in [0.1, 0.15) is 5.56 Å². The average Bonchev–Trinajstić information content (AvgIpc) is 2.69. The second kappa shape index (κ2) is 9.64. The summed E-state index contributed by atoms with van der Waals surface area (Å²) in [5.74, 6) is 0.986. The van der Waals surface area contributed by atoms with Gasteiger partial charge in [-0.05, 0) is 42.0 Å². The van der Waals surface area contributed by atoms with Crippen molar-refractivity contribution < 1.29 is 14.3 Å². The van der Waals surface area contributed by atoms with Crippen LogP contribution in [0.4, 0.5) is 5.69 Å². The molecule has 4 nitrogen and oxygen atoms in total. The number of nitrogens with one attached hydrogen (secondary N) is 1. The lowest BCUT2D eigenvalue weighted by atomic mass is 10.2. The molecule has 0 saturated heterocycles. The molecule has 138 valence electrons. The lowest BCUT2D eigenvalue weighted by Crippen LogP contribution is -2.20. The third-order valence-electron chi connectivity index (χ3n) is 3.84. The maximum atomic E-state index is 12.0. The smallest absolute Gasteiger partial charge is 0.262 e. The fraction of sp³-hybridized carbons (Fsp3) is 0.136. The summed E-state index contributed by atoms with van der Waals surface area (Å²) >= 11 is 6.00. The summed E-state index contributed by atoms with van der Waals surface area (Å²) in [6.45, 7) is 0.487. The minimum absolute atomic E-state index is 0.112. The first-order valence-electron chi connectivity index (χ1n) is 8.65. The number of hydrogen-bond donors (Lipinski definition) is 1. The zero-order valence-corrected chi connectivity index (χ0v) is 15.5. The van der Waals surface area contributed by atoms with Crippen LogP contribution in [0.15, 0.2) is 78.9 Å².